The quantitative estimate of drug-likeness (QED) is 0.0408. The Morgan fingerprint density at radius 2 is 0.629 bits per heavy atom. The van der Waals surface area contributed by atoms with Gasteiger partial charge in [0, 0.05) is 14.2 Å². The van der Waals surface area contributed by atoms with Gasteiger partial charge in [0.05, 0.1) is 18.1 Å². The number of unbranched alkanes of at least 4 members (excludes halogenated alkanes) is 61. The maximum atomic E-state index is 13.4. The van der Waals surface area contributed by atoms with Crippen LogP contribution in [0.15, 0.2) is 0 Å². The largest absolute Gasteiger partial charge is 0.463 e. The molecule has 10 atom stereocenters. The standard InChI is InChI=1S/C89H174O8/c1-6-8-10-12-14-16-18-20-22-24-25-26-27-31-38-44-50-56-62-68-74-82(88(93)96-78-85-86(91)87(92)89(95-5)97-85)83(90)75-69-63-57-51-45-39-32-28-30-36-42-48-54-60-66-72-80-77-81(80)73-67-61-55-49-43-37-33-34-40-46-52-58-64-70-76-84(94-4)79(3)71-65-59-53-47-41-35-29-23-21-19-17-15-13-11-9-7-2/h79-87,89-92H,6-78H2,1-5H3/t79-,80+,81-,82+,83+,84-,85+,86+,87-,89-/m0/s1. The van der Waals surface area contributed by atoms with E-state index in [2.05, 4.69) is 20.8 Å². The predicted octanol–water partition coefficient (Wildman–Crippen LogP) is 27.6. The molecule has 0 unspecified atom stereocenters. The molecular formula is C89H174O8. The number of carbonyl (C=O) groups is 1. The van der Waals surface area contributed by atoms with Crippen molar-refractivity contribution in [3.63, 3.8) is 0 Å². The molecule has 0 radical (unpaired) electrons. The van der Waals surface area contributed by atoms with E-state index in [1.807, 2.05) is 7.11 Å². The summed E-state index contributed by atoms with van der Waals surface area (Å²) in [7, 11) is 3.37. The second-order valence-corrected chi connectivity index (χ2v) is 32.6. The summed E-state index contributed by atoms with van der Waals surface area (Å²) in [6.07, 6.45) is 93.6. The van der Waals surface area contributed by atoms with Crippen LogP contribution in [0.5, 0.6) is 0 Å². The van der Waals surface area contributed by atoms with Crippen molar-refractivity contribution in [2.75, 3.05) is 20.8 Å². The van der Waals surface area contributed by atoms with Gasteiger partial charge in [0.2, 0.25) is 0 Å². The van der Waals surface area contributed by atoms with Crippen LogP contribution in [-0.2, 0) is 23.7 Å². The molecule has 8 heteroatoms. The maximum absolute atomic E-state index is 13.4. The summed E-state index contributed by atoms with van der Waals surface area (Å²) >= 11 is 0. The zero-order chi connectivity index (χ0) is 69.8. The average molecular weight is 1370 g/mol. The molecule has 1 heterocycles. The molecule has 1 aliphatic heterocycles. The molecule has 0 amide bonds. The Labute approximate surface area is 606 Å². The first-order valence-electron chi connectivity index (χ1n) is 44.7. The summed E-state index contributed by atoms with van der Waals surface area (Å²) in [5.41, 5.74) is 0. The Hall–Kier alpha value is -0.770. The molecule has 2 rings (SSSR count). The third-order valence-electron chi connectivity index (χ3n) is 23.5. The molecule has 0 aromatic rings. The van der Waals surface area contributed by atoms with Crippen molar-refractivity contribution in [2.24, 2.45) is 23.7 Å². The van der Waals surface area contributed by atoms with Gasteiger partial charge in [-0.2, -0.15) is 0 Å². The molecule has 0 aromatic heterocycles. The summed E-state index contributed by atoms with van der Waals surface area (Å²) in [4.78, 5) is 13.4. The lowest BCUT2D eigenvalue weighted by atomic mass is 9.91. The summed E-state index contributed by atoms with van der Waals surface area (Å²) < 4.78 is 22.4. The minimum absolute atomic E-state index is 0.168. The van der Waals surface area contributed by atoms with Crippen LogP contribution < -0.4 is 0 Å². The summed E-state index contributed by atoms with van der Waals surface area (Å²) in [5.74, 6) is 1.84. The highest BCUT2D eigenvalue weighted by Crippen LogP contribution is 2.46. The van der Waals surface area contributed by atoms with Crippen molar-refractivity contribution in [3.8, 4) is 0 Å². The van der Waals surface area contributed by atoms with E-state index < -0.39 is 42.6 Å². The van der Waals surface area contributed by atoms with E-state index in [0.29, 0.717) is 24.9 Å². The molecule has 8 nitrogen and oxygen atoms in total. The third-order valence-corrected chi connectivity index (χ3v) is 23.5. The van der Waals surface area contributed by atoms with Crippen LogP contribution in [0.4, 0.5) is 0 Å². The predicted molar refractivity (Wildman–Crippen MR) is 419 cm³/mol. The fourth-order valence-electron chi connectivity index (χ4n) is 16.4. The van der Waals surface area contributed by atoms with Gasteiger partial charge in [0.1, 0.15) is 24.9 Å². The number of hydrogen-bond acceptors (Lipinski definition) is 8. The fraction of sp³-hybridized carbons (Fsp3) is 0.989. The lowest BCUT2D eigenvalue weighted by Crippen LogP contribution is -2.37. The van der Waals surface area contributed by atoms with Crippen LogP contribution in [0.25, 0.3) is 0 Å². The van der Waals surface area contributed by atoms with Gasteiger partial charge >= 0.3 is 5.97 Å². The molecule has 578 valence electrons. The lowest BCUT2D eigenvalue weighted by Gasteiger charge is -2.23. The highest BCUT2D eigenvalue weighted by molar-refractivity contribution is 5.73. The van der Waals surface area contributed by atoms with Crippen molar-refractivity contribution in [1.29, 1.82) is 0 Å². The number of ether oxygens (including phenoxy) is 4. The van der Waals surface area contributed by atoms with Crippen molar-refractivity contribution < 1.29 is 39.1 Å². The van der Waals surface area contributed by atoms with Gasteiger partial charge < -0.3 is 34.3 Å². The second kappa shape index (κ2) is 70.9. The van der Waals surface area contributed by atoms with Crippen LogP contribution in [0.2, 0.25) is 0 Å². The second-order valence-electron chi connectivity index (χ2n) is 32.6. The Balaban J connectivity index is 1.33. The fourth-order valence-corrected chi connectivity index (χ4v) is 16.4. The first-order valence-corrected chi connectivity index (χ1v) is 44.7. The highest BCUT2D eigenvalue weighted by Gasteiger charge is 2.44. The van der Waals surface area contributed by atoms with Gasteiger partial charge in [0.15, 0.2) is 6.29 Å². The zero-order valence-corrected chi connectivity index (χ0v) is 66.3. The molecule has 1 saturated heterocycles. The molecule has 0 spiro atoms. The highest BCUT2D eigenvalue weighted by atomic mass is 16.7. The van der Waals surface area contributed by atoms with Crippen LogP contribution in [0.1, 0.15) is 483 Å². The average Bonchev–Trinajstić information content (AvgIpc) is 1.73. The van der Waals surface area contributed by atoms with Gasteiger partial charge in [-0.05, 0) is 49.9 Å². The van der Waals surface area contributed by atoms with Crippen molar-refractivity contribution >= 4 is 5.97 Å². The van der Waals surface area contributed by atoms with Gasteiger partial charge in [-0.3, -0.25) is 4.79 Å². The molecule has 1 aliphatic carbocycles. The number of carbonyl (C=O) groups excluding carboxylic acids is 1. The third kappa shape index (κ3) is 56.3. The minimum Gasteiger partial charge on any atom is -0.463 e. The SMILES string of the molecule is CCCCCCCCCCCCCCCCCCCCCC[C@@H](C(=O)OC[C@H]1O[C@H](OC)[C@@H](O)[C@@H]1O)[C@H](O)CCCCCCCCCCCCCCCCC[C@@H]1C[C@@H]1CCCCCCCCCCCCCCCC[C@H](OC)[C@@H](C)CCCCCCCCCCCCCCCCCC. The van der Waals surface area contributed by atoms with E-state index in [0.717, 1.165) is 43.9 Å². The van der Waals surface area contributed by atoms with E-state index in [1.54, 1.807) is 0 Å². The van der Waals surface area contributed by atoms with Gasteiger partial charge in [-0.25, -0.2) is 0 Å². The Morgan fingerprint density at radius 3 is 0.918 bits per heavy atom. The monoisotopic (exact) mass is 1370 g/mol. The van der Waals surface area contributed by atoms with Gasteiger partial charge in [-0.15, -0.1) is 0 Å². The first kappa shape index (κ1) is 92.3. The number of aliphatic hydroxyl groups excluding tert-OH is 3. The van der Waals surface area contributed by atoms with Crippen LogP contribution in [0.3, 0.4) is 0 Å². The molecule has 2 fully saturated rings. The molecule has 3 N–H and O–H groups in total. The minimum atomic E-state index is -1.19. The van der Waals surface area contributed by atoms with Crippen LogP contribution >= 0.6 is 0 Å². The molecule has 1 saturated carbocycles. The summed E-state index contributed by atoms with van der Waals surface area (Å²) in [5, 5.41) is 32.0. The Bertz CT molecular complexity index is 1580. The van der Waals surface area contributed by atoms with Crippen LogP contribution in [-0.4, -0.2) is 78.9 Å². The van der Waals surface area contributed by atoms with E-state index in [1.165, 1.54) is 424 Å². The molecule has 97 heavy (non-hydrogen) atoms. The van der Waals surface area contributed by atoms with Gasteiger partial charge in [0.25, 0.3) is 0 Å². The number of rotatable bonds is 80. The summed E-state index contributed by atoms with van der Waals surface area (Å²) in [6.45, 7) is 6.88. The topological polar surface area (TPSA) is 115 Å². The summed E-state index contributed by atoms with van der Waals surface area (Å²) in [6, 6.07) is 0. The molecular weight excluding hydrogens is 1200 g/mol. The number of methoxy groups -OCH3 is 2. The number of aliphatic hydroxyl groups is 3. The van der Waals surface area contributed by atoms with E-state index >= 15 is 0 Å². The Morgan fingerprint density at radius 1 is 0.361 bits per heavy atom. The smallest absolute Gasteiger partial charge is 0.311 e. The van der Waals surface area contributed by atoms with Crippen molar-refractivity contribution in [1.82, 2.24) is 0 Å². The van der Waals surface area contributed by atoms with E-state index in [9.17, 15) is 20.1 Å². The van der Waals surface area contributed by atoms with Crippen LogP contribution in [0, 0.1) is 23.7 Å². The lowest BCUT2D eigenvalue weighted by molar-refractivity contribution is -0.170. The number of esters is 1. The van der Waals surface area contributed by atoms with Crippen molar-refractivity contribution in [2.45, 2.75) is 520 Å². The first-order chi connectivity index (χ1) is 47.8. The normalized spacial score (nSPS) is 19.1. The number of hydrogen-bond donors (Lipinski definition) is 3. The molecule has 0 aromatic carbocycles. The Kier molecular flexibility index (Phi) is 67.4. The zero-order valence-electron chi connectivity index (χ0n) is 66.3. The van der Waals surface area contributed by atoms with E-state index in [-0.39, 0.29) is 6.61 Å². The van der Waals surface area contributed by atoms with Crippen molar-refractivity contribution in [3.05, 3.63) is 0 Å². The maximum Gasteiger partial charge on any atom is 0.311 e. The van der Waals surface area contributed by atoms with E-state index in [4.69, 9.17) is 18.9 Å². The molecule has 2 aliphatic rings. The molecule has 0 bridgehead atoms. The van der Waals surface area contributed by atoms with Gasteiger partial charge in [-0.1, -0.05) is 451 Å².